The van der Waals surface area contributed by atoms with E-state index in [0.29, 0.717) is 5.69 Å². The van der Waals surface area contributed by atoms with Crippen LogP contribution < -0.4 is 5.56 Å². The van der Waals surface area contributed by atoms with Gasteiger partial charge in [0.05, 0.1) is 5.69 Å². The summed E-state index contributed by atoms with van der Waals surface area (Å²) in [6.07, 6.45) is 3.23. The van der Waals surface area contributed by atoms with Gasteiger partial charge in [0.25, 0.3) is 5.56 Å². The van der Waals surface area contributed by atoms with E-state index in [-0.39, 0.29) is 11.5 Å². The summed E-state index contributed by atoms with van der Waals surface area (Å²) in [5.41, 5.74) is 1.38. The maximum absolute atomic E-state index is 12.6. The number of carbonyl (C=O) groups excluding carboxylic acids is 1. The van der Waals surface area contributed by atoms with Crippen molar-refractivity contribution < 1.29 is 4.79 Å². The zero-order valence-electron chi connectivity index (χ0n) is 13.3. The fraction of sp³-hybridized carbons (Fsp3) is 0.389. The Morgan fingerprint density at radius 2 is 1.74 bits per heavy atom. The molecule has 1 amide bonds. The van der Waals surface area contributed by atoms with Crippen molar-refractivity contribution >= 4 is 5.91 Å². The molecule has 1 aliphatic heterocycles. The Labute approximate surface area is 135 Å². The predicted molar refractivity (Wildman–Crippen MR) is 89.1 cm³/mol. The number of piperidine rings is 1. The minimum Gasteiger partial charge on any atom is -0.341 e. The van der Waals surface area contributed by atoms with Gasteiger partial charge in [0.15, 0.2) is 0 Å². The van der Waals surface area contributed by atoms with Gasteiger partial charge < -0.3 is 4.90 Å². The molecule has 0 N–H and O–H groups in total. The van der Waals surface area contributed by atoms with E-state index in [1.165, 1.54) is 17.2 Å². The van der Waals surface area contributed by atoms with E-state index in [4.69, 9.17) is 0 Å². The van der Waals surface area contributed by atoms with Gasteiger partial charge >= 0.3 is 0 Å². The topological polar surface area (TPSA) is 55.2 Å². The molecule has 1 aliphatic rings. The minimum atomic E-state index is -0.579. The van der Waals surface area contributed by atoms with Crippen molar-refractivity contribution in [3.05, 3.63) is 52.8 Å². The molecule has 2 aromatic rings. The molecule has 0 spiro atoms. The van der Waals surface area contributed by atoms with E-state index in [9.17, 15) is 9.59 Å². The number of hydrogen-bond acceptors (Lipinski definition) is 3. The lowest BCUT2D eigenvalue weighted by atomic mass is 10.1. The lowest BCUT2D eigenvalue weighted by Crippen LogP contribution is -2.42. The smallest absolute Gasteiger partial charge is 0.267 e. The van der Waals surface area contributed by atoms with Crippen LogP contribution in [0, 0.1) is 0 Å². The van der Waals surface area contributed by atoms with Gasteiger partial charge in [-0.15, -0.1) is 0 Å². The van der Waals surface area contributed by atoms with E-state index in [1.54, 1.807) is 13.0 Å². The summed E-state index contributed by atoms with van der Waals surface area (Å²) >= 11 is 0. The van der Waals surface area contributed by atoms with Crippen molar-refractivity contribution in [3.63, 3.8) is 0 Å². The summed E-state index contributed by atoms with van der Waals surface area (Å²) in [4.78, 5) is 26.6. The second-order valence-corrected chi connectivity index (χ2v) is 5.93. The van der Waals surface area contributed by atoms with Crippen LogP contribution in [0.3, 0.4) is 0 Å². The molecular formula is C18H21N3O2. The molecule has 120 valence electrons. The maximum atomic E-state index is 12.6. The first-order chi connectivity index (χ1) is 11.2. The lowest BCUT2D eigenvalue weighted by molar-refractivity contribution is -0.135. The Balaban J connectivity index is 1.89. The molecule has 1 atom stereocenters. The van der Waals surface area contributed by atoms with Crippen LogP contribution in [0.5, 0.6) is 0 Å². The third-order valence-corrected chi connectivity index (χ3v) is 4.29. The fourth-order valence-electron chi connectivity index (χ4n) is 2.95. The average molecular weight is 311 g/mol. The van der Waals surface area contributed by atoms with Crippen LogP contribution >= 0.6 is 0 Å². The first-order valence-electron chi connectivity index (χ1n) is 8.11. The molecule has 0 aliphatic carbocycles. The molecule has 1 saturated heterocycles. The third-order valence-electron chi connectivity index (χ3n) is 4.29. The minimum absolute atomic E-state index is 0.0236. The molecule has 0 saturated carbocycles. The summed E-state index contributed by atoms with van der Waals surface area (Å²) in [6, 6.07) is 12.3. The van der Waals surface area contributed by atoms with Crippen LogP contribution in [0.25, 0.3) is 11.3 Å². The van der Waals surface area contributed by atoms with E-state index >= 15 is 0 Å². The molecule has 2 heterocycles. The van der Waals surface area contributed by atoms with Crippen LogP contribution in [0.15, 0.2) is 47.3 Å². The summed E-state index contributed by atoms with van der Waals surface area (Å²) in [5, 5.41) is 4.42. The zero-order chi connectivity index (χ0) is 16.2. The zero-order valence-corrected chi connectivity index (χ0v) is 13.3. The highest BCUT2D eigenvalue weighted by molar-refractivity contribution is 5.80. The number of likely N-dealkylation sites (tertiary alicyclic amines) is 1. The molecular weight excluding hydrogens is 290 g/mol. The van der Waals surface area contributed by atoms with E-state index < -0.39 is 6.04 Å². The van der Waals surface area contributed by atoms with Gasteiger partial charge in [0.1, 0.15) is 6.04 Å². The molecule has 0 bridgehead atoms. The highest BCUT2D eigenvalue weighted by atomic mass is 16.2. The molecule has 5 heteroatoms. The van der Waals surface area contributed by atoms with Crippen LogP contribution in [0.1, 0.15) is 32.2 Å². The van der Waals surface area contributed by atoms with E-state index in [1.807, 2.05) is 35.2 Å². The van der Waals surface area contributed by atoms with Gasteiger partial charge in [0, 0.05) is 24.7 Å². The molecule has 0 radical (unpaired) electrons. The van der Waals surface area contributed by atoms with E-state index in [0.717, 1.165) is 31.5 Å². The highest BCUT2D eigenvalue weighted by Crippen LogP contribution is 2.17. The quantitative estimate of drug-likeness (QED) is 0.875. The Bertz CT molecular complexity index is 733. The van der Waals surface area contributed by atoms with Gasteiger partial charge in [-0.2, -0.15) is 5.10 Å². The lowest BCUT2D eigenvalue weighted by Gasteiger charge is -2.29. The Hall–Kier alpha value is -2.43. The number of benzene rings is 1. The van der Waals surface area contributed by atoms with Crippen molar-refractivity contribution in [1.29, 1.82) is 0 Å². The Morgan fingerprint density at radius 1 is 1.04 bits per heavy atom. The van der Waals surface area contributed by atoms with Crippen molar-refractivity contribution in [3.8, 4) is 11.3 Å². The summed E-state index contributed by atoms with van der Waals surface area (Å²) in [6.45, 7) is 3.30. The number of hydrogen-bond donors (Lipinski definition) is 0. The van der Waals surface area contributed by atoms with Crippen LogP contribution in [0.4, 0.5) is 0 Å². The Morgan fingerprint density at radius 3 is 2.43 bits per heavy atom. The van der Waals surface area contributed by atoms with Gasteiger partial charge in [-0.05, 0) is 32.3 Å². The van der Waals surface area contributed by atoms with E-state index in [2.05, 4.69) is 5.10 Å². The van der Waals surface area contributed by atoms with Crippen molar-refractivity contribution in [2.45, 2.75) is 32.2 Å². The second kappa shape index (κ2) is 6.77. The van der Waals surface area contributed by atoms with Gasteiger partial charge in [-0.1, -0.05) is 30.3 Å². The molecule has 1 aromatic carbocycles. The summed E-state index contributed by atoms with van der Waals surface area (Å²) < 4.78 is 1.30. The number of aromatic nitrogens is 2. The molecule has 1 unspecified atom stereocenters. The van der Waals surface area contributed by atoms with Gasteiger partial charge in [0.2, 0.25) is 5.91 Å². The average Bonchev–Trinajstić information content (AvgIpc) is 2.62. The third kappa shape index (κ3) is 3.33. The first-order valence-corrected chi connectivity index (χ1v) is 8.11. The summed E-state index contributed by atoms with van der Waals surface area (Å²) in [7, 11) is 0. The van der Waals surface area contributed by atoms with Crippen molar-refractivity contribution in [2.24, 2.45) is 0 Å². The fourth-order valence-corrected chi connectivity index (χ4v) is 2.95. The van der Waals surface area contributed by atoms with Crippen LogP contribution in [-0.2, 0) is 4.79 Å². The second-order valence-electron chi connectivity index (χ2n) is 5.93. The van der Waals surface area contributed by atoms with Crippen molar-refractivity contribution in [1.82, 2.24) is 14.7 Å². The summed E-state index contributed by atoms with van der Waals surface area (Å²) in [5.74, 6) is -0.0236. The largest absolute Gasteiger partial charge is 0.341 e. The molecule has 3 rings (SSSR count). The first kappa shape index (κ1) is 15.5. The maximum Gasteiger partial charge on any atom is 0.267 e. The highest BCUT2D eigenvalue weighted by Gasteiger charge is 2.24. The van der Waals surface area contributed by atoms with Crippen LogP contribution in [0.2, 0.25) is 0 Å². The molecule has 23 heavy (non-hydrogen) atoms. The number of amides is 1. The monoisotopic (exact) mass is 311 g/mol. The van der Waals surface area contributed by atoms with Crippen molar-refractivity contribution in [2.75, 3.05) is 13.1 Å². The number of nitrogens with zero attached hydrogens (tertiary/aromatic N) is 3. The Kier molecular flexibility index (Phi) is 4.55. The van der Waals surface area contributed by atoms with Gasteiger partial charge in [-0.3, -0.25) is 9.59 Å². The number of carbonyl (C=O) groups is 1. The van der Waals surface area contributed by atoms with Crippen LogP contribution in [-0.4, -0.2) is 33.7 Å². The normalized spacial score (nSPS) is 16.1. The van der Waals surface area contributed by atoms with Gasteiger partial charge in [-0.25, -0.2) is 4.68 Å². The molecule has 1 aromatic heterocycles. The molecule has 5 nitrogen and oxygen atoms in total. The molecule has 1 fully saturated rings. The SMILES string of the molecule is CC(C(=O)N1CCCCC1)n1nc(-c2ccccc2)ccc1=O. The predicted octanol–water partition coefficient (Wildman–Crippen LogP) is 2.48. The standard InChI is InChI=1S/C18H21N3O2/c1-14(18(23)20-12-6-3-7-13-20)21-17(22)11-10-16(19-21)15-8-4-2-5-9-15/h2,4-5,8-11,14H,3,6-7,12-13H2,1H3. The number of rotatable bonds is 3.